The van der Waals surface area contributed by atoms with Crippen molar-refractivity contribution in [2.75, 3.05) is 18.9 Å². The molecular weight excluding hydrogens is 280 g/mol. The average molecular weight is 304 g/mol. The van der Waals surface area contributed by atoms with Crippen molar-refractivity contribution in [1.82, 2.24) is 14.9 Å². The normalized spacial score (nSPS) is 12.6. The number of rotatable bonds is 7. The molecule has 1 atom stereocenters. The predicted molar refractivity (Wildman–Crippen MR) is 89.9 cm³/mol. The van der Waals surface area contributed by atoms with Crippen LogP contribution in [-0.4, -0.2) is 34.5 Å². The molecular formula is C16H24N4S. The van der Waals surface area contributed by atoms with Crippen LogP contribution in [0, 0.1) is 6.92 Å². The molecule has 2 rings (SSSR count). The van der Waals surface area contributed by atoms with E-state index in [-0.39, 0.29) is 0 Å². The lowest BCUT2D eigenvalue weighted by molar-refractivity contribution is 0.243. The molecule has 21 heavy (non-hydrogen) atoms. The van der Waals surface area contributed by atoms with Gasteiger partial charge < -0.3 is 5.32 Å². The van der Waals surface area contributed by atoms with Gasteiger partial charge in [0.1, 0.15) is 11.6 Å². The van der Waals surface area contributed by atoms with Crippen LogP contribution < -0.4 is 5.32 Å². The van der Waals surface area contributed by atoms with Crippen molar-refractivity contribution >= 4 is 17.2 Å². The van der Waals surface area contributed by atoms with Gasteiger partial charge in [0.25, 0.3) is 0 Å². The van der Waals surface area contributed by atoms with Crippen LogP contribution in [0.1, 0.15) is 30.2 Å². The van der Waals surface area contributed by atoms with Crippen LogP contribution in [0.5, 0.6) is 0 Å². The fourth-order valence-corrected chi connectivity index (χ4v) is 3.05. The fourth-order valence-electron chi connectivity index (χ4n) is 2.23. The Bertz CT molecular complexity index is 553. The minimum absolute atomic E-state index is 0.468. The van der Waals surface area contributed by atoms with Crippen molar-refractivity contribution in [2.45, 2.75) is 39.8 Å². The highest BCUT2D eigenvalue weighted by molar-refractivity contribution is 7.09. The Morgan fingerprint density at radius 3 is 2.86 bits per heavy atom. The first-order valence-corrected chi connectivity index (χ1v) is 8.27. The molecule has 0 saturated carbocycles. The van der Waals surface area contributed by atoms with E-state index in [4.69, 9.17) is 0 Å². The van der Waals surface area contributed by atoms with Crippen LogP contribution in [0.2, 0.25) is 0 Å². The van der Waals surface area contributed by atoms with Crippen molar-refractivity contribution in [1.29, 1.82) is 0 Å². The Morgan fingerprint density at radius 2 is 2.19 bits per heavy atom. The number of aryl methyl sites for hydroxylation is 1. The molecule has 2 aromatic rings. The van der Waals surface area contributed by atoms with Crippen molar-refractivity contribution < 1.29 is 0 Å². The molecule has 0 aliphatic rings. The minimum Gasteiger partial charge on any atom is -0.370 e. The van der Waals surface area contributed by atoms with Gasteiger partial charge in [-0.2, -0.15) is 0 Å². The number of anilines is 1. The van der Waals surface area contributed by atoms with Gasteiger partial charge >= 0.3 is 0 Å². The standard InChI is InChI=1S/C16H24N4S/c1-5-17-15-9-12(2)18-16(19-15)11-20(4)13(3)10-14-7-6-8-21-14/h6-9,13H,5,10-11H2,1-4H3,(H,17,18,19). The maximum Gasteiger partial charge on any atom is 0.144 e. The van der Waals surface area contributed by atoms with E-state index in [1.807, 2.05) is 24.3 Å². The monoisotopic (exact) mass is 304 g/mol. The van der Waals surface area contributed by atoms with Crippen LogP contribution in [0.25, 0.3) is 0 Å². The summed E-state index contributed by atoms with van der Waals surface area (Å²) in [5.74, 6) is 1.80. The molecule has 0 radical (unpaired) electrons. The molecule has 0 fully saturated rings. The zero-order valence-electron chi connectivity index (χ0n) is 13.3. The van der Waals surface area contributed by atoms with Crippen LogP contribution >= 0.6 is 11.3 Å². The molecule has 114 valence electrons. The Balaban J connectivity index is 1.99. The third kappa shape index (κ3) is 4.79. The zero-order valence-corrected chi connectivity index (χ0v) is 14.1. The van der Waals surface area contributed by atoms with E-state index in [1.165, 1.54) is 4.88 Å². The highest BCUT2D eigenvalue weighted by atomic mass is 32.1. The molecule has 0 aromatic carbocycles. The number of nitrogens with zero attached hydrogens (tertiary/aromatic N) is 3. The van der Waals surface area contributed by atoms with Gasteiger partial charge in [-0.1, -0.05) is 6.07 Å². The van der Waals surface area contributed by atoms with E-state index in [0.717, 1.165) is 36.8 Å². The van der Waals surface area contributed by atoms with Crippen molar-refractivity contribution in [3.63, 3.8) is 0 Å². The quantitative estimate of drug-likeness (QED) is 0.852. The zero-order chi connectivity index (χ0) is 15.2. The second-order valence-electron chi connectivity index (χ2n) is 5.39. The third-order valence-electron chi connectivity index (χ3n) is 3.48. The first-order chi connectivity index (χ1) is 10.1. The summed E-state index contributed by atoms with van der Waals surface area (Å²) >= 11 is 1.82. The molecule has 0 saturated heterocycles. The van der Waals surface area contributed by atoms with E-state index < -0.39 is 0 Å². The van der Waals surface area contributed by atoms with Gasteiger partial charge in [-0.25, -0.2) is 9.97 Å². The third-order valence-corrected chi connectivity index (χ3v) is 4.38. The number of hydrogen-bond donors (Lipinski definition) is 1. The van der Waals surface area contributed by atoms with E-state index in [1.54, 1.807) is 0 Å². The van der Waals surface area contributed by atoms with Gasteiger partial charge in [-0.05, 0) is 45.7 Å². The van der Waals surface area contributed by atoms with Gasteiger partial charge in [0.2, 0.25) is 0 Å². The molecule has 1 unspecified atom stereocenters. The molecule has 0 spiro atoms. The lowest BCUT2D eigenvalue weighted by Gasteiger charge is -2.23. The maximum absolute atomic E-state index is 4.58. The van der Waals surface area contributed by atoms with Gasteiger partial charge in [-0.3, -0.25) is 4.90 Å². The minimum atomic E-state index is 0.468. The smallest absolute Gasteiger partial charge is 0.144 e. The molecule has 2 heterocycles. The summed E-state index contributed by atoms with van der Waals surface area (Å²) in [4.78, 5) is 12.9. The molecule has 0 aliphatic carbocycles. The summed E-state index contributed by atoms with van der Waals surface area (Å²) in [6.07, 6.45) is 1.07. The highest BCUT2D eigenvalue weighted by Crippen LogP contribution is 2.15. The Hall–Kier alpha value is -1.46. The number of hydrogen-bond acceptors (Lipinski definition) is 5. The number of nitrogens with one attached hydrogen (secondary N) is 1. The van der Waals surface area contributed by atoms with Crippen LogP contribution in [0.15, 0.2) is 23.6 Å². The Kier molecular flexibility index (Phi) is 5.70. The predicted octanol–water partition coefficient (Wildman–Crippen LogP) is 3.34. The van der Waals surface area contributed by atoms with Gasteiger partial charge in [-0.15, -0.1) is 11.3 Å². The van der Waals surface area contributed by atoms with E-state index in [9.17, 15) is 0 Å². The average Bonchev–Trinajstić information content (AvgIpc) is 2.91. The van der Waals surface area contributed by atoms with Gasteiger partial charge in [0.05, 0.1) is 6.54 Å². The Morgan fingerprint density at radius 1 is 1.38 bits per heavy atom. The van der Waals surface area contributed by atoms with Crippen LogP contribution in [0.3, 0.4) is 0 Å². The van der Waals surface area contributed by atoms with Gasteiger partial charge in [0.15, 0.2) is 0 Å². The van der Waals surface area contributed by atoms with Crippen molar-refractivity contribution in [3.05, 3.63) is 40.0 Å². The SMILES string of the molecule is CCNc1cc(C)nc(CN(C)C(C)Cc2cccs2)n1. The lowest BCUT2D eigenvalue weighted by atomic mass is 10.2. The first-order valence-electron chi connectivity index (χ1n) is 7.39. The molecule has 2 aromatic heterocycles. The van der Waals surface area contributed by atoms with Crippen molar-refractivity contribution in [2.24, 2.45) is 0 Å². The van der Waals surface area contributed by atoms with Crippen LogP contribution in [0.4, 0.5) is 5.82 Å². The summed E-state index contributed by atoms with van der Waals surface area (Å²) < 4.78 is 0. The molecule has 0 bridgehead atoms. The lowest BCUT2D eigenvalue weighted by Crippen LogP contribution is -2.31. The van der Waals surface area contributed by atoms with E-state index >= 15 is 0 Å². The van der Waals surface area contributed by atoms with E-state index in [2.05, 4.69) is 58.6 Å². The van der Waals surface area contributed by atoms with E-state index in [0.29, 0.717) is 6.04 Å². The summed E-state index contributed by atoms with van der Waals surface area (Å²) in [5, 5.41) is 5.39. The number of aromatic nitrogens is 2. The second kappa shape index (κ2) is 7.52. The summed E-state index contributed by atoms with van der Waals surface area (Å²) in [6.45, 7) is 7.99. The summed E-state index contributed by atoms with van der Waals surface area (Å²) in [7, 11) is 2.14. The number of likely N-dealkylation sites (N-methyl/N-ethyl adjacent to an activating group) is 1. The largest absolute Gasteiger partial charge is 0.370 e. The maximum atomic E-state index is 4.58. The second-order valence-corrected chi connectivity index (χ2v) is 6.42. The summed E-state index contributed by atoms with van der Waals surface area (Å²) in [6, 6.07) is 6.76. The Labute approximate surface area is 131 Å². The molecule has 1 N–H and O–H groups in total. The molecule has 0 amide bonds. The van der Waals surface area contributed by atoms with Crippen LogP contribution in [-0.2, 0) is 13.0 Å². The summed E-state index contributed by atoms with van der Waals surface area (Å²) in [5.41, 5.74) is 1.01. The highest BCUT2D eigenvalue weighted by Gasteiger charge is 2.13. The van der Waals surface area contributed by atoms with Crippen molar-refractivity contribution in [3.8, 4) is 0 Å². The topological polar surface area (TPSA) is 41.1 Å². The molecule has 5 heteroatoms. The first kappa shape index (κ1) is 15.9. The fraction of sp³-hybridized carbons (Fsp3) is 0.500. The molecule has 0 aliphatic heterocycles. The molecule has 4 nitrogen and oxygen atoms in total. The van der Waals surface area contributed by atoms with Gasteiger partial charge in [0, 0.05) is 29.2 Å². The number of thiophene rings is 1.